The molecule has 0 aliphatic heterocycles. The molecule has 2 rings (SSSR count). The van der Waals surface area contributed by atoms with Crippen LogP contribution in [0.25, 0.3) is 0 Å². The van der Waals surface area contributed by atoms with E-state index in [1.165, 1.54) is 12.8 Å². The van der Waals surface area contributed by atoms with E-state index in [1.807, 2.05) is 31.3 Å². The van der Waals surface area contributed by atoms with Gasteiger partial charge in [0.1, 0.15) is 5.75 Å². The molecule has 23 heavy (non-hydrogen) atoms. The lowest BCUT2D eigenvalue weighted by Gasteiger charge is -2.29. The van der Waals surface area contributed by atoms with Gasteiger partial charge in [-0.15, -0.1) is 12.4 Å². The van der Waals surface area contributed by atoms with Crippen LogP contribution in [0, 0.1) is 5.41 Å². The highest BCUT2D eigenvalue weighted by Crippen LogP contribution is 2.25. The number of benzene rings is 1. The largest absolute Gasteiger partial charge is 0.490 e. The van der Waals surface area contributed by atoms with Crippen molar-refractivity contribution in [3.63, 3.8) is 0 Å². The van der Waals surface area contributed by atoms with Crippen molar-refractivity contribution in [2.24, 2.45) is 11.1 Å². The number of hydrogen-bond acceptors (Lipinski definition) is 3. The van der Waals surface area contributed by atoms with Gasteiger partial charge in [-0.05, 0) is 55.8 Å². The summed E-state index contributed by atoms with van der Waals surface area (Å²) in [7, 11) is 1.82. The van der Waals surface area contributed by atoms with Crippen LogP contribution in [0.1, 0.15) is 49.9 Å². The van der Waals surface area contributed by atoms with Crippen molar-refractivity contribution in [3.05, 3.63) is 29.8 Å². The fraction of sp³-hybridized carbons (Fsp3) is 0.611. The SMILES string of the molecule is CN(CC(C)(C)CN)C(=O)c1cccc(OC2CCCC2)c1.Cl. The normalized spacial score (nSPS) is 15.1. The number of halogens is 1. The first kappa shape index (κ1) is 19.8. The number of nitrogens with zero attached hydrogens (tertiary/aromatic N) is 1. The highest BCUT2D eigenvalue weighted by molar-refractivity contribution is 5.94. The van der Waals surface area contributed by atoms with Gasteiger partial charge in [-0.2, -0.15) is 0 Å². The number of carbonyl (C=O) groups excluding carboxylic acids is 1. The number of ether oxygens (including phenoxy) is 1. The summed E-state index contributed by atoms with van der Waals surface area (Å²) in [6.45, 7) is 5.32. The Hall–Kier alpha value is -1.26. The summed E-state index contributed by atoms with van der Waals surface area (Å²) in [4.78, 5) is 14.3. The predicted octanol–water partition coefficient (Wildman–Crippen LogP) is 3.49. The number of amides is 1. The van der Waals surface area contributed by atoms with E-state index >= 15 is 0 Å². The molecular formula is C18H29ClN2O2. The molecule has 0 atom stereocenters. The average molecular weight is 341 g/mol. The number of nitrogens with two attached hydrogens (primary N) is 1. The topological polar surface area (TPSA) is 55.6 Å². The van der Waals surface area contributed by atoms with Crippen molar-refractivity contribution < 1.29 is 9.53 Å². The molecule has 1 aliphatic rings. The molecule has 1 aliphatic carbocycles. The molecule has 1 amide bonds. The van der Waals surface area contributed by atoms with E-state index in [0.717, 1.165) is 18.6 Å². The highest BCUT2D eigenvalue weighted by atomic mass is 35.5. The van der Waals surface area contributed by atoms with Crippen LogP contribution in [0.3, 0.4) is 0 Å². The maximum absolute atomic E-state index is 12.6. The minimum atomic E-state index is -0.0810. The van der Waals surface area contributed by atoms with Crippen LogP contribution in [0.15, 0.2) is 24.3 Å². The monoisotopic (exact) mass is 340 g/mol. The van der Waals surface area contributed by atoms with Crippen LogP contribution < -0.4 is 10.5 Å². The highest BCUT2D eigenvalue weighted by Gasteiger charge is 2.22. The summed E-state index contributed by atoms with van der Waals surface area (Å²) in [6, 6.07) is 7.51. The minimum Gasteiger partial charge on any atom is -0.490 e. The first-order valence-corrected chi connectivity index (χ1v) is 8.13. The van der Waals surface area contributed by atoms with Crippen molar-refractivity contribution in [3.8, 4) is 5.75 Å². The van der Waals surface area contributed by atoms with Crippen LogP contribution in [0.4, 0.5) is 0 Å². The molecule has 130 valence electrons. The molecule has 2 N–H and O–H groups in total. The van der Waals surface area contributed by atoms with Gasteiger partial charge in [-0.3, -0.25) is 4.79 Å². The summed E-state index contributed by atoms with van der Waals surface area (Å²) in [5.74, 6) is 0.808. The van der Waals surface area contributed by atoms with Gasteiger partial charge in [-0.1, -0.05) is 19.9 Å². The summed E-state index contributed by atoms with van der Waals surface area (Å²) in [5, 5.41) is 0. The minimum absolute atomic E-state index is 0. The summed E-state index contributed by atoms with van der Waals surface area (Å²) in [6.07, 6.45) is 5.01. The van der Waals surface area contributed by atoms with E-state index in [2.05, 4.69) is 13.8 Å². The molecule has 0 aromatic heterocycles. The van der Waals surface area contributed by atoms with Gasteiger partial charge in [0.2, 0.25) is 0 Å². The Kier molecular flexibility index (Phi) is 7.36. The van der Waals surface area contributed by atoms with E-state index in [0.29, 0.717) is 24.8 Å². The Morgan fingerprint density at radius 3 is 2.61 bits per heavy atom. The molecule has 1 fully saturated rings. The second kappa shape index (κ2) is 8.55. The van der Waals surface area contributed by atoms with Gasteiger partial charge in [0.05, 0.1) is 6.10 Å². The Morgan fingerprint density at radius 2 is 2.00 bits per heavy atom. The molecular weight excluding hydrogens is 312 g/mol. The Morgan fingerprint density at radius 1 is 1.35 bits per heavy atom. The van der Waals surface area contributed by atoms with E-state index in [1.54, 1.807) is 4.90 Å². The molecule has 0 saturated heterocycles. The summed E-state index contributed by atoms with van der Waals surface area (Å²) >= 11 is 0. The van der Waals surface area contributed by atoms with Crippen molar-refractivity contribution >= 4 is 18.3 Å². The number of rotatable bonds is 6. The Bertz CT molecular complexity index is 513. The molecule has 1 saturated carbocycles. The average Bonchev–Trinajstić information content (AvgIpc) is 2.99. The molecule has 1 aromatic carbocycles. The smallest absolute Gasteiger partial charge is 0.253 e. The van der Waals surface area contributed by atoms with Gasteiger partial charge < -0.3 is 15.4 Å². The molecule has 0 bridgehead atoms. The lowest BCUT2D eigenvalue weighted by atomic mass is 9.93. The zero-order valence-electron chi connectivity index (χ0n) is 14.4. The number of hydrogen-bond donors (Lipinski definition) is 1. The van der Waals surface area contributed by atoms with E-state index in [9.17, 15) is 4.79 Å². The second-order valence-corrected chi connectivity index (χ2v) is 7.08. The van der Waals surface area contributed by atoms with Crippen LogP contribution >= 0.6 is 12.4 Å². The van der Waals surface area contributed by atoms with Crippen molar-refractivity contribution in [2.75, 3.05) is 20.1 Å². The van der Waals surface area contributed by atoms with Gasteiger partial charge in [0.25, 0.3) is 5.91 Å². The maximum atomic E-state index is 12.6. The van der Waals surface area contributed by atoms with Crippen LogP contribution in [0.5, 0.6) is 5.75 Å². The third kappa shape index (κ3) is 5.70. The first-order valence-electron chi connectivity index (χ1n) is 8.13. The molecule has 5 heteroatoms. The molecule has 1 aromatic rings. The standard InChI is InChI=1S/C18H28N2O2.ClH/c1-18(2,12-19)13-20(3)17(21)14-7-6-10-16(11-14)22-15-8-4-5-9-15;/h6-7,10-11,15H,4-5,8-9,12-13,19H2,1-3H3;1H. The molecule has 0 unspecified atom stereocenters. The molecule has 0 radical (unpaired) electrons. The quantitative estimate of drug-likeness (QED) is 0.862. The van der Waals surface area contributed by atoms with Crippen molar-refractivity contribution in [1.29, 1.82) is 0 Å². The van der Waals surface area contributed by atoms with Gasteiger partial charge in [-0.25, -0.2) is 0 Å². The fourth-order valence-electron chi connectivity index (χ4n) is 2.90. The van der Waals surface area contributed by atoms with E-state index in [-0.39, 0.29) is 23.7 Å². The third-order valence-corrected chi connectivity index (χ3v) is 4.25. The van der Waals surface area contributed by atoms with Gasteiger partial charge in [0, 0.05) is 19.2 Å². The Balaban J connectivity index is 0.00000264. The van der Waals surface area contributed by atoms with Crippen LogP contribution in [-0.4, -0.2) is 37.0 Å². The number of carbonyl (C=O) groups is 1. The fourth-order valence-corrected chi connectivity index (χ4v) is 2.90. The molecule has 0 spiro atoms. The van der Waals surface area contributed by atoms with Crippen molar-refractivity contribution in [2.45, 2.75) is 45.6 Å². The summed E-state index contributed by atoms with van der Waals surface area (Å²) in [5.41, 5.74) is 6.34. The van der Waals surface area contributed by atoms with E-state index in [4.69, 9.17) is 10.5 Å². The lowest BCUT2D eigenvalue weighted by Crippen LogP contribution is -2.39. The third-order valence-electron chi connectivity index (χ3n) is 4.25. The van der Waals surface area contributed by atoms with Crippen molar-refractivity contribution in [1.82, 2.24) is 4.90 Å². The predicted molar refractivity (Wildman–Crippen MR) is 96.4 cm³/mol. The first-order chi connectivity index (χ1) is 10.4. The zero-order valence-corrected chi connectivity index (χ0v) is 15.2. The lowest BCUT2D eigenvalue weighted by molar-refractivity contribution is 0.0739. The summed E-state index contributed by atoms with van der Waals surface area (Å²) < 4.78 is 5.98. The Labute approximate surface area is 145 Å². The van der Waals surface area contributed by atoms with Gasteiger partial charge in [0.15, 0.2) is 0 Å². The maximum Gasteiger partial charge on any atom is 0.253 e. The second-order valence-electron chi connectivity index (χ2n) is 7.08. The van der Waals surface area contributed by atoms with E-state index < -0.39 is 0 Å². The van der Waals surface area contributed by atoms with Crippen LogP contribution in [-0.2, 0) is 0 Å². The molecule has 4 nitrogen and oxygen atoms in total. The zero-order chi connectivity index (χ0) is 16.2. The van der Waals surface area contributed by atoms with Gasteiger partial charge >= 0.3 is 0 Å². The molecule has 0 heterocycles. The van der Waals surface area contributed by atoms with Crippen LogP contribution in [0.2, 0.25) is 0 Å².